The molecule has 0 spiro atoms. The van der Waals surface area contributed by atoms with Gasteiger partial charge in [-0.1, -0.05) is 24.6 Å². The first kappa shape index (κ1) is 20.2. The lowest BCUT2D eigenvalue weighted by atomic mass is 9.77. The topological polar surface area (TPSA) is 95.9 Å². The zero-order valence-electron chi connectivity index (χ0n) is 15.2. The fraction of sp³-hybridized carbons (Fsp3) is 0.300. The Kier molecular flexibility index (Phi) is 5.96. The number of halogens is 1. The maximum Gasteiger partial charge on any atom is 0.332 e. The van der Waals surface area contributed by atoms with Crippen LogP contribution >= 0.6 is 22.9 Å². The number of carbonyl (C=O) groups is 2. The van der Waals surface area contributed by atoms with E-state index in [0.29, 0.717) is 30.2 Å². The van der Waals surface area contributed by atoms with Crippen LogP contribution in [-0.2, 0) is 22.6 Å². The van der Waals surface area contributed by atoms with Crippen molar-refractivity contribution in [3.05, 3.63) is 56.8 Å². The van der Waals surface area contributed by atoms with Gasteiger partial charge in [-0.25, -0.2) is 9.59 Å². The number of nitrogens with one attached hydrogen (secondary N) is 1. The van der Waals surface area contributed by atoms with Crippen LogP contribution in [0.3, 0.4) is 0 Å². The number of rotatable bonds is 6. The number of carboxylic acid groups (broad SMARTS) is 2. The zero-order chi connectivity index (χ0) is 20.3. The molecule has 0 aliphatic carbocycles. The lowest BCUT2D eigenvalue weighted by Gasteiger charge is -2.28. The van der Waals surface area contributed by atoms with Gasteiger partial charge in [0.15, 0.2) is 0 Å². The normalized spacial score (nSPS) is 19.3. The summed E-state index contributed by atoms with van der Waals surface area (Å²) in [7, 11) is 0. The molecule has 2 heterocycles. The maximum atomic E-state index is 11.7. The van der Waals surface area contributed by atoms with Gasteiger partial charge in [-0.15, -0.1) is 11.3 Å². The van der Waals surface area contributed by atoms with Crippen LogP contribution in [0.2, 0.25) is 5.02 Å². The average molecular weight is 422 g/mol. The van der Waals surface area contributed by atoms with Crippen molar-refractivity contribution in [2.75, 3.05) is 11.9 Å². The summed E-state index contributed by atoms with van der Waals surface area (Å²) in [5.41, 5.74) is 0.553. The Hall–Kier alpha value is -2.51. The summed E-state index contributed by atoms with van der Waals surface area (Å²) in [6.45, 7) is 2.42. The summed E-state index contributed by atoms with van der Waals surface area (Å²) in [6.07, 6.45) is 1.71. The third kappa shape index (κ3) is 4.31. The molecule has 1 unspecified atom stereocenters. The summed E-state index contributed by atoms with van der Waals surface area (Å²) in [4.78, 5) is 23.9. The van der Waals surface area contributed by atoms with Crippen molar-refractivity contribution < 1.29 is 24.5 Å². The monoisotopic (exact) mass is 421 g/mol. The molecule has 3 N–H and O–H groups in total. The lowest BCUT2D eigenvalue weighted by Crippen LogP contribution is -2.32. The Morgan fingerprint density at radius 1 is 1.36 bits per heavy atom. The summed E-state index contributed by atoms with van der Waals surface area (Å²) in [5.74, 6) is -1.88. The highest BCUT2D eigenvalue weighted by Gasteiger charge is 2.37. The molecular formula is C20H20ClNO5S. The highest BCUT2D eigenvalue weighted by atomic mass is 35.5. The Bertz CT molecular complexity index is 925. The van der Waals surface area contributed by atoms with Gasteiger partial charge in [0.2, 0.25) is 0 Å². The molecule has 8 heteroatoms. The van der Waals surface area contributed by atoms with Crippen molar-refractivity contribution >= 4 is 40.6 Å². The van der Waals surface area contributed by atoms with Crippen molar-refractivity contribution in [3.8, 4) is 5.75 Å². The van der Waals surface area contributed by atoms with E-state index in [2.05, 4.69) is 5.32 Å². The van der Waals surface area contributed by atoms with Gasteiger partial charge in [-0.2, -0.15) is 0 Å². The second kappa shape index (κ2) is 8.24. The van der Waals surface area contributed by atoms with Crippen LogP contribution in [0.4, 0.5) is 5.69 Å². The first-order chi connectivity index (χ1) is 13.3. The summed E-state index contributed by atoms with van der Waals surface area (Å²) < 4.78 is 5.96. The number of ether oxygens (including phenoxy) is 1. The van der Waals surface area contributed by atoms with E-state index in [4.69, 9.17) is 21.4 Å². The van der Waals surface area contributed by atoms with Crippen LogP contribution in [0.1, 0.15) is 23.8 Å². The number of carboxylic acids is 2. The molecule has 0 radical (unpaired) electrons. The van der Waals surface area contributed by atoms with Gasteiger partial charge in [-0.3, -0.25) is 0 Å². The highest BCUT2D eigenvalue weighted by Crippen LogP contribution is 2.43. The minimum Gasteiger partial charge on any atom is -0.486 e. The van der Waals surface area contributed by atoms with Crippen LogP contribution in [0.15, 0.2) is 41.3 Å². The smallest absolute Gasteiger partial charge is 0.332 e. The van der Waals surface area contributed by atoms with Crippen LogP contribution in [0, 0.1) is 5.41 Å². The lowest BCUT2D eigenvalue weighted by molar-refractivity contribution is -0.136. The predicted octanol–water partition coefficient (Wildman–Crippen LogP) is 4.44. The largest absolute Gasteiger partial charge is 0.486 e. The predicted molar refractivity (Wildman–Crippen MR) is 108 cm³/mol. The molecule has 1 aromatic heterocycles. The Labute approximate surface area is 171 Å². The minimum atomic E-state index is -1.28. The highest BCUT2D eigenvalue weighted by molar-refractivity contribution is 7.09. The number of fused-ring (bicyclic) bond motifs is 1. The molecular weight excluding hydrogens is 402 g/mol. The van der Waals surface area contributed by atoms with Gasteiger partial charge in [0, 0.05) is 27.9 Å². The average Bonchev–Trinajstić information content (AvgIpc) is 3.09. The molecule has 1 aliphatic rings. The third-order valence-electron chi connectivity index (χ3n) is 4.90. The molecule has 0 saturated carbocycles. The van der Waals surface area contributed by atoms with E-state index in [1.54, 1.807) is 30.4 Å². The molecule has 0 bridgehead atoms. The van der Waals surface area contributed by atoms with Crippen molar-refractivity contribution in [2.24, 2.45) is 5.41 Å². The summed E-state index contributed by atoms with van der Waals surface area (Å²) >= 11 is 7.99. The minimum absolute atomic E-state index is 0.141. The molecule has 6 nitrogen and oxygen atoms in total. The van der Waals surface area contributed by atoms with E-state index < -0.39 is 17.4 Å². The van der Waals surface area contributed by atoms with Gasteiger partial charge in [0.25, 0.3) is 0 Å². The van der Waals surface area contributed by atoms with Crippen molar-refractivity contribution in [1.29, 1.82) is 0 Å². The van der Waals surface area contributed by atoms with Gasteiger partial charge in [-0.05, 0) is 42.0 Å². The Morgan fingerprint density at radius 2 is 2.14 bits per heavy atom. The fourth-order valence-electron chi connectivity index (χ4n) is 3.32. The van der Waals surface area contributed by atoms with E-state index in [0.717, 1.165) is 22.2 Å². The van der Waals surface area contributed by atoms with Gasteiger partial charge in [0.1, 0.15) is 12.4 Å². The number of thiophene rings is 1. The van der Waals surface area contributed by atoms with Crippen LogP contribution in [0.5, 0.6) is 5.75 Å². The molecule has 148 valence electrons. The number of aliphatic carboxylic acids is 2. The molecule has 0 fully saturated rings. The van der Waals surface area contributed by atoms with E-state index in [-0.39, 0.29) is 12.1 Å². The van der Waals surface area contributed by atoms with Crippen LogP contribution in [-0.4, -0.2) is 28.7 Å². The molecule has 28 heavy (non-hydrogen) atoms. The standard InChI is InChI=1S/C20H20ClNO5S/c1-20(14(19(25)26)9-17(23)24)7-6-13-15(21)4-5-16(18(13)22-11-20)27-10-12-3-2-8-28-12/h2-5,8-9,22H,6-7,10-11H2,1H3,(H,23,24)(H,25,26). The van der Waals surface area contributed by atoms with Gasteiger partial charge >= 0.3 is 11.9 Å². The second-order valence-corrected chi connectivity index (χ2v) is 8.32. The Morgan fingerprint density at radius 3 is 2.79 bits per heavy atom. The fourth-order valence-corrected chi connectivity index (χ4v) is 4.19. The maximum absolute atomic E-state index is 11.7. The van der Waals surface area contributed by atoms with E-state index in [1.165, 1.54) is 0 Å². The molecule has 1 aromatic carbocycles. The van der Waals surface area contributed by atoms with Crippen molar-refractivity contribution in [3.63, 3.8) is 0 Å². The van der Waals surface area contributed by atoms with Crippen molar-refractivity contribution in [2.45, 2.75) is 26.4 Å². The van der Waals surface area contributed by atoms with Crippen molar-refractivity contribution in [1.82, 2.24) is 0 Å². The van der Waals surface area contributed by atoms with Gasteiger partial charge < -0.3 is 20.3 Å². The molecule has 0 amide bonds. The van der Waals surface area contributed by atoms with E-state index in [1.807, 2.05) is 17.5 Å². The number of hydrogen-bond acceptors (Lipinski definition) is 5. The van der Waals surface area contributed by atoms with Crippen LogP contribution < -0.4 is 10.1 Å². The first-order valence-corrected chi connectivity index (χ1v) is 9.95. The third-order valence-corrected chi connectivity index (χ3v) is 6.10. The number of anilines is 1. The molecule has 3 rings (SSSR count). The van der Waals surface area contributed by atoms with Crippen LogP contribution in [0.25, 0.3) is 0 Å². The quantitative estimate of drug-likeness (QED) is 0.597. The van der Waals surface area contributed by atoms with Gasteiger partial charge in [0.05, 0.1) is 11.3 Å². The molecule has 0 saturated heterocycles. The second-order valence-electron chi connectivity index (χ2n) is 6.88. The first-order valence-electron chi connectivity index (χ1n) is 8.69. The summed E-state index contributed by atoms with van der Waals surface area (Å²) in [6, 6.07) is 7.49. The zero-order valence-corrected chi connectivity index (χ0v) is 16.8. The SMILES string of the molecule is CC1(C(=CC(=O)O)C(=O)O)CCc2c(Cl)ccc(OCc3cccs3)c2NC1. The van der Waals surface area contributed by atoms with E-state index in [9.17, 15) is 14.7 Å². The Balaban J connectivity index is 1.89. The number of hydrogen-bond donors (Lipinski definition) is 3. The summed E-state index contributed by atoms with van der Waals surface area (Å²) in [5, 5.41) is 24.4. The molecule has 1 atom stereocenters. The van der Waals surface area contributed by atoms with E-state index >= 15 is 0 Å². The molecule has 2 aromatic rings. The molecule has 1 aliphatic heterocycles. The number of benzene rings is 1.